The molecule has 4 atom stereocenters. The maximum absolute atomic E-state index is 11.6. The van der Waals surface area contributed by atoms with Gasteiger partial charge in [-0.25, -0.2) is 0 Å². The molecule has 1 aromatic heterocycles. The predicted octanol–water partition coefficient (Wildman–Crippen LogP) is 3.63. The summed E-state index contributed by atoms with van der Waals surface area (Å²) in [6, 6.07) is 0. The van der Waals surface area contributed by atoms with E-state index in [9.17, 15) is 4.79 Å². The van der Waals surface area contributed by atoms with Gasteiger partial charge in [0.15, 0.2) is 0 Å². The third-order valence-electron chi connectivity index (χ3n) is 15.8. The molecule has 0 aromatic carbocycles. The first-order valence-corrected chi connectivity index (χ1v) is 15.3. The van der Waals surface area contributed by atoms with E-state index >= 15 is 0 Å². The molecule has 4 nitrogen and oxygen atoms in total. The number of aromatic nitrogens is 2. The number of fused-ring (bicyclic) bond motifs is 10. The minimum absolute atomic E-state index is 0.555. The number of nitrogens with zero attached hydrogens (tertiary/aromatic N) is 2. The van der Waals surface area contributed by atoms with Crippen molar-refractivity contribution in [2.45, 2.75) is 61.0 Å². The number of nitrogens with two attached hydrogens (primary N) is 1. The summed E-state index contributed by atoms with van der Waals surface area (Å²) in [6.07, 6.45) is 2.49. The third-order valence-corrected chi connectivity index (χ3v) is 59.1. The summed E-state index contributed by atoms with van der Waals surface area (Å²) in [5.41, 5.74) is 5.30. The molecule has 10 saturated heterocycles. The molecule has 0 amide bonds. The quantitative estimate of drug-likeness (QED) is 0.658. The zero-order valence-electron chi connectivity index (χ0n) is 11.6. The fourth-order valence-corrected chi connectivity index (χ4v) is 91.0. The average Bonchev–Trinajstić information content (AvgIpc) is 3.40. The number of aldehydes is 1. The number of anilines is 1. The van der Waals surface area contributed by atoms with Crippen LogP contribution in [0, 0.1) is 0 Å². The average molecular weight is 343 g/mol. The van der Waals surface area contributed by atoms with E-state index in [0.29, 0.717) is 9.44 Å². The van der Waals surface area contributed by atoms with Gasteiger partial charge in [-0.2, -0.15) is 0 Å². The Kier molecular flexibility index (Phi) is 0.367. The Hall–Kier alpha value is -0.451. The van der Waals surface area contributed by atoms with Crippen LogP contribution >= 0.6 is 11.3 Å². The molecule has 0 aliphatic carbocycles. The summed E-state index contributed by atoms with van der Waals surface area (Å²) in [6.45, 7) is -0.842. The number of carbonyl (C=O) groups is 1. The van der Waals surface area contributed by atoms with Crippen molar-refractivity contribution in [2.24, 2.45) is 0 Å². The number of aryl methyl sites for hydroxylation is 1. The number of carbonyl (C=O) groups excluding carboxylic acids is 1. The van der Waals surface area contributed by atoms with E-state index in [1.807, 2.05) is 6.92 Å². The second-order valence-corrected chi connectivity index (χ2v) is 35.9. The molecular formula is C15H17FeN3OS. The molecule has 0 bridgehead atoms. The van der Waals surface area contributed by atoms with Gasteiger partial charge in [0.2, 0.25) is 5.13 Å². The Labute approximate surface area is 116 Å². The molecule has 0 radical (unpaired) electrons. The molecule has 1 spiro atoms. The number of rotatable bonds is 2. The molecule has 2 N–H and O–H groups in total. The van der Waals surface area contributed by atoms with E-state index in [1.165, 1.54) is 54.7 Å². The van der Waals surface area contributed by atoms with Crippen LogP contribution in [-0.2, 0) is 17.7 Å². The van der Waals surface area contributed by atoms with Gasteiger partial charge in [0.25, 0.3) is 0 Å². The van der Waals surface area contributed by atoms with Crippen LogP contribution in [0.5, 0.6) is 0 Å². The summed E-state index contributed by atoms with van der Waals surface area (Å²) in [7, 11) is 0. The van der Waals surface area contributed by atoms with Crippen molar-refractivity contribution >= 4 is 22.8 Å². The Bertz CT molecular complexity index is 1120. The monoisotopic (exact) mass is 343 g/mol. The standard InChI is InChI=1S/C6H5O.C5H5.C4H7N3S.Fe/c7-5-6-3-1-2-4-6;1-2-4-5-3-1;1-2-3-6-7-4(5)8-3;/h1-5H;1-5H;2H2,1H3,(H2,5,7);. The molecule has 11 heterocycles. The maximum atomic E-state index is 11.6. The second kappa shape index (κ2) is 0.858. The van der Waals surface area contributed by atoms with Gasteiger partial charge in [0, 0.05) is 0 Å². The summed E-state index contributed by atoms with van der Waals surface area (Å²) >= 11 is 1.44. The summed E-state index contributed by atoms with van der Waals surface area (Å²) < 4.78 is 0.555. The summed E-state index contributed by atoms with van der Waals surface area (Å²) in [4.78, 5) is 23.3. The molecule has 4 unspecified atom stereocenters. The Morgan fingerprint density at radius 2 is 1.71 bits per heavy atom. The van der Waals surface area contributed by atoms with Crippen LogP contribution < -0.4 is 5.73 Å². The van der Waals surface area contributed by atoms with E-state index in [2.05, 4.69) is 10.2 Å². The molecule has 21 heavy (non-hydrogen) atoms. The van der Waals surface area contributed by atoms with E-state index in [4.69, 9.17) is 5.73 Å². The molecular weight excluding hydrogens is 326 g/mol. The Morgan fingerprint density at radius 3 is 1.86 bits per heavy atom. The topological polar surface area (TPSA) is 68.9 Å². The van der Waals surface area contributed by atoms with Gasteiger partial charge in [-0.15, -0.1) is 10.2 Å². The molecule has 10 aliphatic heterocycles. The first kappa shape index (κ1) is 8.99. The molecule has 6 heteroatoms. The van der Waals surface area contributed by atoms with Crippen molar-refractivity contribution < 1.29 is 11.3 Å². The van der Waals surface area contributed by atoms with Crippen molar-refractivity contribution in [2.75, 3.05) is 5.73 Å². The minimum atomic E-state index is -2.87. The van der Waals surface area contributed by atoms with Gasteiger partial charge in [-0.3, -0.25) is 0 Å². The van der Waals surface area contributed by atoms with Crippen molar-refractivity contribution in [3.8, 4) is 0 Å². The van der Waals surface area contributed by atoms with Crippen LogP contribution in [0.25, 0.3) is 0 Å². The fraction of sp³-hybridized carbons (Fsp3) is 0.800. The van der Waals surface area contributed by atoms with Crippen LogP contribution in [0.15, 0.2) is 0 Å². The zero-order valence-corrected chi connectivity index (χ0v) is 13.5. The summed E-state index contributed by atoms with van der Waals surface area (Å²) in [5, 5.41) is 8.97. The van der Waals surface area contributed by atoms with Crippen LogP contribution in [0.1, 0.15) is 11.9 Å². The van der Waals surface area contributed by atoms with Crippen LogP contribution in [-0.4, -0.2) is 16.5 Å². The summed E-state index contributed by atoms with van der Waals surface area (Å²) in [5.74, 6) is 0. The first-order valence-electron chi connectivity index (χ1n) is 8.19. The molecule has 0 saturated carbocycles. The van der Waals surface area contributed by atoms with E-state index in [1.54, 1.807) is 6.29 Å². The third kappa shape index (κ3) is 0.117. The molecule has 10 aliphatic rings. The predicted molar refractivity (Wildman–Crippen MR) is 76.2 cm³/mol. The van der Waals surface area contributed by atoms with Crippen LogP contribution in [0.2, 0.25) is 47.7 Å². The second-order valence-electron chi connectivity index (χ2n) is 11.2. The van der Waals surface area contributed by atoms with Crippen molar-refractivity contribution in [1.82, 2.24) is 10.2 Å². The molecule has 10 fully saturated rings. The SMILES string of the molecule is CCc1nnc(N)s1.O=C[C]12[CH]3[CH]4[CH]5[CH]1[Fe]45321678[CH]2[CH]1[CH]6[CH]7[CH]28. The van der Waals surface area contributed by atoms with Crippen molar-refractivity contribution in [3.63, 3.8) is 0 Å². The van der Waals surface area contributed by atoms with Gasteiger partial charge in [-0.1, -0.05) is 18.3 Å². The fourth-order valence-electron chi connectivity index (χ4n) is 17.1. The van der Waals surface area contributed by atoms with Crippen LogP contribution in [0.3, 0.4) is 0 Å². The zero-order chi connectivity index (χ0) is 13.7. The van der Waals surface area contributed by atoms with Gasteiger partial charge < -0.3 is 5.73 Å². The molecule has 1 aromatic rings. The first-order chi connectivity index (χ1) is 9.93. The van der Waals surface area contributed by atoms with Gasteiger partial charge in [0.05, 0.1) is 0 Å². The van der Waals surface area contributed by atoms with E-state index in [0.717, 1.165) is 11.4 Å². The Morgan fingerprint density at radius 1 is 1.14 bits per heavy atom. The van der Waals surface area contributed by atoms with Crippen molar-refractivity contribution in [1.29, 1.82) is 0 Å². The van der Waals surface area contributed by atoms with E-state index < -0.39 is 6.51 Å². The van der Waals surface area contributed by atoms with Crippen molar-refractivity contribution in [3.05, 3.63) is 5.01 Å². The van der Waals surface area contributed by atoms with E-state index in [-0.39, 0.29) is 0 Å². The van der Waals surface area contributed by atoms with Gasteiger partial charge >= 0.3 is 65.3 Å². The normalized spacial score (nSPS) is 97.7. The molecule has 112 valence electrons. The van der Waals surface area contributed by atoms with Gasteiger partial charge in [0.1, 0.15) is 5.01 Å². The number of hydrogen-bond acceptors (Lipinski definition) is 5. The number of nitrogen functional groups attached to an aromatic ring is 1. The van der Waals surface area contributed by atoms with Gasteiger partial charge in [-0.05, 0) is 6.42 Å². The van der Waals surface area contributed by atoms with Crippen LogP contribution in [0.4, 0.5) is 5.13 Å². The number of hydrogen-bond donors (Lipinski definition) is 1. The Balaban J connectivity index is 0.0000000918. The molecule has 11 rings (SSSR count).